The van der Waals surface area contributed by atoms with Crippen molar-refractivity contribution < 1.29 is 4.79 Å². The van der Waals surface area contributed by atoms with E-state index in [0.29, 0.717) is 5.56 Å². The van der Waals surface area contributed by atoms with Crippen LogP contribution in [0, 0.1) is 3.57 Å². The molecule has 1 aromatic heterocycles. The minimum absolute atomic E-state index is 0.397. The summed E-state index contributed by atoms with van der Waals surface area (Å²) in [6, 6.07) is 5.70. The van der Waals surface area contributed by atoms with E-state index in [2.05, 4.69) is 27.6 Å². The van der Waals surface area contributed by atoms with Gasteiger partial charge in [-0.05, 0) is 40.8 Å². The number of primary amides is 1. The first-order valence-electron chi connectivity index (χ1n) is 3.75. The normalized spacial score (nSPS) is 10.5. The fraction of sp³-hybridized carbons (Fsp3) is 0. The molecule has 0 bridgehead atoms. The highest BCUT2D eigenvalue weighted by Crippen LogP contribution is 2.20. The number of hydrogen-bond acceptors (Lipinski definition) is 1. The van der Waals surface area contributed by atoms with Crippen molar-refractivity contribution in [3.8, 4) is 0 Å². The Kier molecular flexibility index (Phi) is 1.99. The van der Waals surface area contributed by atoms with E-state index < -0.39 is 5.91 Å². The van der Waals surface area contributed by atoms with E-state index in [0.717, 1.165) is 14.5 Å². The average molecular weight is 286 g/mol. The molecule has 0 spiro atoms. The van der Waals surface area contributed by atoms with Crippen LogP contribution in [0.4, 0.5) is 0 Å². The quantitative estimate of drug-likeness (QED) is 0.772. The smallest absolute Gasteiger partial charge is 0.250 e. The number of aromatic amines is 1. The summed E-state index contributed by atoms with van der Waals surface area (Å²) >= 11 is 2.16. The molecule has 66 valence electrons. The number of hydrogen-bond donors (Lipinski definition) is 2. The molecule has 0 aliphatic heterocycles. The molecular formula is C9H7IN2O. The highest BCUT2D eigenvalue weighted by Gasteiger charge is 2.08. The van der Waals surface area contributed by atoms with Gasteiger partial charge in [0.2, 0.25) is 0 Å². The molecule has 0 fully saturated rings. The molecule has 3 N–H and O–H groups in total. The van der Waals surface area contributed by atoms with Gasteiger partial charge in [-0.2, -0.15) is 0 Å². The Morgan fingerprint density at radius 3 is 2.92 bits per heavy atom. The van der Waals surface area contributed by atoms with Gasteiger partial charge in [0.15, 0.2) is 0 Å². The summed E-state index contributed by atoms with van der Waals surface area (Å²) in [6.07, 6.45) is 1.80. The van der Waals surface area contributed by atoms with Crippen LogP contribution in [0.1, 0.15) is 10.4 Å². The van der Waals surface area contributed by atoms with Crippen LogP contribution >= 0.6 is 22.6 Å². The predicted octanol–water partition coefficient (Wildman–Crippen LogP) is 1.87. The van der Waals surface area contributed by atoms with Crippen LogP contribution in [0.3, 0.4) is 0 Å². The lowest BCUT2D eigenvalue weighted by Gasteiger charge is -1.99. The molecule has 0 saturated heterocycles. The average Bonchev–Trinajstić information content (AvgIpc) is 2.49. The third kappa shape index (κ3) is 1.41. The van der Waals surface area contributed by atoms with Gasteiger partial charge in [0, 0.05) is 15.2 Å². The van der Waals surface area contributed by atoms with Crippen LogP contribution in [0.25, 0.3) is 10.9 Å². The molecule has 1 amide bonds. The van der Waals surface area contributed by atoms with Crippen LogP contribution in [0.2, 0.25) is 0 Å². The van der Waals surface area contributed by atoms with Crippen molar-refractivity contribution in [3.05, 3.63) is 33.5 Å². The lowest BCUT2D eigenvalue weighted by atomic mass is 10.1. The number of H-pyrrole nitrogens is 1. The van der Waals surface area contributed by atoms with Gasteiger partial charge in [-0.15, -0.1) is 0 Å². The summed E-state index contributed by atoms with van der Waals surface area (Å²) in [6.45, 7) is 0. The Bertz CT molecular complexity index is 475. The fourth-order valence-corrected chi connectivity index (χ4v) is 1.98. The Morgan fingerprint density at radius 1 is 1.46 bits per heavy atom. The molecule has 0 saturated carbocycles. The number of nitrogens with two attached hydrogens (primary N) is 1. The highest BCUT2D eigenvalue weighted by molar-refractivity contribution is 14.1. The van der Waals surface area contributed by atoms with Crippen LogP contribution in [-0.4, -0.2) is 10.9 Å². The van der Waals surface area contributed by atoms with Crippen LogP contribution in [0.5, 0.6) is 0 Å². The fourth-order valence-electron chi connectivity index (χ4n) is 1.33. The second kappa shape index (κ2) is 3.02. The van der Waals surface area contributed by atoms with E-state index >= 15 is 0 Å². The molecule has 13 heavy (non-hydrogen) atoms. The molecule has 1 heterocycles. The van der Waals surface area contributed by atoms with E-state index in [-0.39, 0.29) is 0 Å². The van der Waals surface area contributed by atoms with E-state index in [1.54, 1.807) is 12.3 Å². The maximum absolute atomic E-state index is 11.1. The van der Waals surface area contributed by atoms with Crippen molar-refractivity contribution in [2.75, 3.05) is 0 Å². The molecular weight excluding hydrogens is 279 g/mol. The summed E-state index contributed by atoms with van der Waals surface area (Å²) in [4.78, 5) is 14.1. The number of halogens is 1. The monoisotopic (exact) mass is 286 g/mol. The summed E-state index contributed by atoms with van der Waals surface area (Å²) in [5, 5.41) is 1.01. The van der Waals surface area contributed by atoms with Crippen LogP contribution in [0.15, 0.2) is 24.4 Å². The lowest BCUT2D eigenvalue weighted by Crippen LogP contribution is -2.11. The maximum atomic E-state index is 11.1. The SMILES string of the molecule is NC(=O)c1cc(I)cc2cc[nH]c12. The van der Waals surface area contributed by atoms with E-state index in [4.69, 9.17) is 5.73 Å². The number of aromatic nitrogens is 1. The Hall–Kier alpha value is -1.04. The molecule has 4 heteroatoms. The number of carbonyl (C=O) groups excluding carboxylic acids is 1. The predicted molar refractivity (Wildman–Crippen MR) is 59.5 cm³/mol. The minimum Gasteiger partial charge on any atom is -0.366 e. The summed E-state index contributed by atoms with van der Waals surface area (Å²) in [5.74, 6) is -0.397. The Labute approximate surface area is 88.5 Å². The van der Waals surface area contributed by atoms with Crippen molar-refractivity contribution >= 4 is 39.4 Å². The third-order valence-corrected chi connectivity index (χ3v) is 2.51. The summed E-state index contributed by atoms with van der Waals surface area (Å²) < 4.78 is 1.01. The zero-order valence-corrected chi connectivity index (χ0v) is 8.83. The molecule has 0 aliphatic rings. The van der Waals surface area contributed by atoms with Gasteiger partial charge >= 0.3 is 0 Å². The van der Waals surface area contributed by atoms with Crippen molar-refractivity contribution in [3.63, 3.8) is 0 Å². The standard InChI is InChI=1S/C9H7IN2O/c10-6-3-5-1-2-12-8(5)7(4-6)9(11)13/h1-4,12H,(H2,11,13). The zero-order valence-electron chi connectivity index (χ0n) is 6.67. The number of fused-ring (bicyclic) bond motifs is 1. The molecule has 0 unspecified atom stereocenters. The van der Waals surface area contributed by atoms with Gasteiger partial charge in [-0.1, -0.05) is 0 Å². The molecule has 0 atom stereocenters. The topological polar surface area (TPSA) is 58.9 Å². The number of nitrogens with one attached hydrogen (secondary N) is 1. The summed E-state index contributed by atoms with van der Waals surface area (Å²) in [7, 11) is 0. The van der Waals surface area contributed by atoms with Gasteiger partial charge in [0.25, 0.3) is 5.91 Å². The summed E-state index contributed by atoms with van der Waals surface area (Å²) in [5.41, 5.74) is 6.61. The van der Waals surface area contributed by atoms with Gasteiger partial charge < -0.3 is 10.7 Å². The second-order valence-corrected chi connectivity index (χ2v) is 4.01. The zero-order chi connectivity index (χ0) is 9.42. The Balaban J connectivity index is 2.84. The van der Waals surface area contributed by atoms with Crippen molar-refractivity contribution in [2.24, 2.45) is 5.73 Å². The number of carbonyl (C=O) groups is 1. The molecule has 0 radical (unpaired) electrons. The highest BCUT2D eigenvalue weighted by atomic mass is 127. The number of amides is 1. The van der Waals surface area contributed by atoms with Gasteiger partial charge in [-0.25, -0.2) is 0 Å². The van der Waals surface area contributed by atoms with E-state index in [9.17, 15) is 4.79 Å². The number of benzene rings is 1. The number of rotatable bonds is 1. The lowest BCUT2D eigenvalue weighted by molar-refractivity contribution is 0.100. The molecule has 1 aromatic carbocycles. The first-order valence-corrected chi connectivity index (χ1v) is 4.83. The third-order valence-electron chi connectivity index (χ3n) is 1.89. The van der Waals surface area contributed by atoms with Gasteiger partial charge in [0.1, 0.15) is 0 Å². The molecule has 2 rings (SSSR count). The van der Waals surface area contributed by atoms with Crippen molar-refractivity contribution in [1.82, 2.24) is 4.98 Å². The molecule has 2 aromatic rings. The van der Waals surface area contributed by atoms with E-state index in [1.165, 1.54) is 0 Å². The van der Waals surface area contributed by atoms with Crippen molar-refractivity contribution in [2.45, 2.75) is 0 Å². The van der Waals surface area contributed by atoms with Crippen molar-refractivity contribution in [1.29, 1.82) is 0 Å². The minimum atomic E-state index is -0.397. The second-order valence-electron chi connectivity index (χ2n) is 2.76. The first kappa shape index (κ1) is 8.55. The van der Waals surface area contributed by atoms with Gasteiger partial charge in [-0.3, -0.25) is 4.79 Å². The Morgan fingerprint density at radius 2 is 2.23 bits per heavy atom. The van der Waals surface area contributed by atoms with Crippen LogP contribution < -0.4 is 5.73 Å². The first-order chi connectivity index (χ1) is 6.18. The van der Waals surface area contributed by atoms with E-state index in [1.807, 2.05) is 12.1 Å². The largest absolute Gasteiger partial charge is 0.366 e. The van der Waals surface area contributed by atoms with Crippen LogP contribution in [-0.2, 0) is 0 Å². The van der Waals surface area contributed by atoms with Gasteiger partial charge in [0.05, 0.1) is 11.1 Å². The maximum Gasteiger partial charge on any atom is 0.250 e. The molecule has 3 nitrogen and oxygen atoms in total. The molecule has 0 aliphatic carbocycles.